The van der Waals surface area contributed by atoms with Crippen LogP contribution in [0.5, 0.6) is 5.75 Å². The molecule has 0 saturated carbocycles. The summed E-state index contributed by atoms with van der Waals surface area (Å²) in [6, 6.07) is 17.6. The Morgan fingerprint density at radius 1 is 1.09 bits per heavy atom. The van der Waals surface area contributed by atoms with E-state index in [2.05, 4.69) is 43.8 Å². The van der Waals surface area contributed by atoms with Crippen LogP contribution < -0.4 is 10.1 Å². The molecule has 0 aliphatic heterocycles. The summed E-state index contributed by atoms with van der Waals surface area (Å²) < 4.78 is 7.46. The molecule has 0 heterocycles. The number of hydrogen-bond donors (Lipinski definition) is 1. The lowest BCUT2D eigenvalue weighted by Gasteiger charge is -2.12. The van der Waals surface area contributed by atoms with Crippen LogP contribution in [0.25, 0.3) is 6.08 Å². The van der Waals surface area contributed by atoms with Gasteiger partial charge >= 0.3 is 0 Å². The molecule has 0 bridgehead atoms. The number of amides is 1. The summed E-state index contributed by atoms with van der Waals surface area (Å²) in [5.41, 5.74) is 2.02. The standard InChI is InChI=1S/C23H13BrCl3IN2O2/c24-18-8-14(9-21(28)22(18)32-12-13-1-3-16(25)4-2-13)7-15(11-29)23(31)30-17-5-6-19(26)20(27)10-17/h1-10H,12H2,(H,30,31)/b15-7+. The maximum Gasteiger partial charge on any atom is 0.266 e. The van der Waals surface area contributed by atoms with Crippen molar-refractivity contribution in [1.29, 1.82) is 5.26 Å². The van der Waals surface area contributed by atoms with Crippen molar-refractivity contribution in [1.82, 2.24) is 0 Å². The Hall–Kier alpha value is -1.76. The minimum atomic E-state index is -0.555. The smallest absolute Gasteiger partial charge is 0.266 e. The third kappa shape index (κ3) is 6.63. The summed E-state index contributed by atoms with van der Waals surface area (Å²) in [7, 11) is 0. The highest BCUT2D eigenvalue weighted by atomic mass is 127. The van der Waals surface area contributed by atoms with Crippen LogP contribution in [0, 0.1) is 14.9 Å². The number of anilines is 1. The number of nitrogens with one attached hydrogen (secondary N) is 1. The molecule has 0 saturated heterocycles. The molecule has 1 N–H and O–H groups in total. The van der Waals surface area contributed by atoms with Gasteiger partial charge in [-0.25, -0.2) is 0 Å². The van der Waals surface area contributed by atoms with Crippen molar-refractivity contribution in [3.05, 3.63) is 94.4 Å². The van der Waals surface area contributed by atoms with Crippen LogP contribution >= 0.6 is 73.3 Å². The molecule has 0 fully saturated rings. The molecule has 3 aromatic carbocycles. The fraction of sp³-hybridized carbons (Fsp3) is 0.0435. The van der Waals surface area contributed by atoms with Crippen LogP contribution in [0.3, 0.4) is 0 Å². The third-order valence-corrected chi connectivity index (χ3v) is 6.55. The topological polar surface area (TPSA) is 62.1 Å². The Kier molecular flexibility index (Phi) is 8.86. The number of rotatable bonds is 6. The summed E-state index contributed by atoms with van der Waals surface area (Å²) in [6.45, 7) is 0.371. The molecular formula is C23H13BrCl3IN2O2. The quantitative estimate of drug-likeness (QED) is 0.165. The summed E-state index contributed by atoms with van der Waals surface area (Å²) in [6.07, 6.45) is 1.50. The molecule has 0 aromatic heterocycles. The molecule has 32 heavy (non-hydrogen) atoms. The molecule has 0 spiro atoms. The largest absolute Gasteiger partial charge is 0.487 e. The highest BCUT2D eigenvalue weighted by Gasteiger charge is 2.13. The second-order valence-electron chi connectivity index (χ2n) is 6.48. The van der Waals surface area contributed by atoms with E-state index in [0.29, 0.717) is 43.1 Å². The van der Waals surface area contributed by atoms with Crippen molar-refractivity contribution in [2.24, 2.45) is 0 Å². The van der Waals surface area contributed by atoms with Crippen LogP contribution in [0.1, 0.15) is 11.1 Å². The molecule has 0 aliphatic carbocycles. The fourth-order valence-electron chi connectivity index (χ4n) is 2.62. The minimum absolute atomic E-state index is 0.0615. The normalized spacial score (nSPS) is 11.1. The van der Waals surface area contributed by atoms with Crippen molar-refractivity contribution in [2.45, 2.75) is 6.61 Å². The average molecular weight is 663 g/mol. The van der Waals surface area contributed by atoms with E-state index in [-0.39, 0.29) is 5.57 Å². The van der Waals surface area contributed by atoms with Crippen molar-refractivity contribution in [2.75, 3.05) is 5.32 Å². The van der Waals surface area contributed by atoms with Gasteiger partial charge in [0, 0.05) is 10.7 Å². The van der Waals surface area contributed by atoms with E-state index in [1.54, 1.807) is 30.3 Å². The highest BCUT2D eigenvalue weighted by molar-refractivity contribution is 14.1. The van der Waals surface area contributed by atoms with Gasteiger partial charge in [-0.05, 0) is 98.2 Å². The summed E-state index contributed by atoms with van der Waals surface area (Å²) >= 11 is 23.4. The third-order valence-electron chi connectivity index (χ3n) is 4.17. The first-order valence-electron chi connectivity index (χ1n) is 9.01. The van der Waals surface area contributed by atoms with Gasteiger partial charge in [-0.3, -0.25) is 4.79 Å². The predicted molar refractivity (Wildman–Crippen MR) is 141 cm³/mol. The summed E-state index contributed by atoms with van der Waals surface area (Å²) in [4.78, 5) is 12.5. The SMILES string of the molecule is N#C/C(=C\c1cc(Br)c(OCc2ccc(Cl)cc2)c(I)c1)C(=O)Nc1ccc(Cl)c(Cl)c1. The van der Waals surface area contributed by atoms with Crippen molar-refractivity contribution >= 4 is 91.0 Å². The van der Waals surface area contributed by atoms with E-state index in [4.69, 9.17) is 39.5 Å². The molecule has 3 rings (SSSR count). The van der Waals surface area contributed by atoms with Gasteiger partial charge in [-0.2, -0.15) is 5.26 Å². The van der Waals surface area contributed by atoms with Gasteiger partial charge in [0.25, 0.3) is 5.91 Å². The monoisotopic (exact) mass is 660 g/mol. The van der Waals surface area contributed by atoms with Gasteiger partial charge in [0.1, 0.15) is 24.0 Å². The Bertz CT molecular complexity index is 1220. The fourth-order valence-corrected chi connectivity index (χ4v) is 4.82. The lowest BCUT2D eigenvalue weighted by atomic mass is 10.1. The number of nitriles is 1. The second kappa shape index (κ2) is 11.4. The Morgan fingerprint density at radius 3 is 2.44 bits per heavy atom. The zero-order valence-corrected chi connectivity index (χ0v) is 22.1. The maximum atomic E-state index is 12.5. The van der Waals surface area contributed by atoms with Crippen molar-refractivity contribution < 1.29 is 9.53 Å². The van der Waals surface area contributed by atoms with Crippen LogP contribution in [-0.4, -0.2) is 5.91 Å². The van der Waals surface area contributed by atoms with Crippen LogP contribution in [0.2, 0.25) is 15.1 Å². The first kappa shape index (κ1) is 24.9. The summed E-state index contributed by atoms with van der Waals surface area (Å²) in [5.74, 6) is 0.108. The van der Waals surface area contributed by atoms with E-state index in [1.165, 1.54) is 12.1 Å². The van der Waals surface area contributed by atoms with Gasteiger partial charge < -0.3 is 10.1 Å². The Balaban J connectivity index is 1.77. The van der Waals surface area contributed by atoms with E-state index in [1.807, 2.05) is 24.3 Å². The number of hydrogen-bond acceptors (Lipinski definition) is 3. The van der Waals surface area contributed by atoms with Crippen LogP contribution in [0.4, 0.5) is 5.69 Å². The molecule has 9 heteroatoms. The molecule has 0 aliphatic rings. The van der Waals surface area contributed by atoms with Crippen LogP contribution in [0.15, 0.2) is 64.6 Å². The van der Waals surface area contributed by atoms with Crippen LogP contribution in [-0.2, 0) is 11.4 Å². The number of ether oxygens (including phenoxy) is 1. The second-order valence-corrected chi connectivity index (χ2v) is 9.75. The molecule has 162 valence electrons. The number of carbonyl (C=O) groups is 1. The molecular weight excluding hydrogens is 649 g/mol. The van der Waals surface area contributed by atoms with E-state index < -0.39 is 5.91 Å². The molecule has 0 atom stereocenters. The Labute approximate surface area is 222 Å². The minimum Gasteiger partial charge on any atom is -0.487 e. The van der Waals surface area contributed by atoms with E-state index in [9.17, 15) is 10.1 Å². The number of halogens is 5. The van der Waals surface area contributed by atoms with Crippen molar-refractivity contribution in [3.63, 3.8) is 0 Å². The van der Waals surface area contributed by atoms with Crippen molar-refractivity contribution in [3.8, 4) is 11.8 Å². The maximum absolute atomic E-state index is 12.5. The molecule has 4 nitrogen and oxygen atoms in total. The zero-order valence-electron chi connectivity index (χ0n) is 16.1. The van der Waals surface area contributed by atoms with Gasteiger partial charge in [-0.1, -0.05) is 46.9 Å². The van der Waals surface area contributed by atoms with Gasteiger partial charge in [0.05, 0.1) is 18.1 Å². The Morgan fingerprint density at radius 2 is 1.81 bits per heavy atom. The summed E-state index contributed by atoms with van der Waals surface area (Å²) in [5, 5.41) is 13.5. The highest BCUT2D eigenvalue weighted by Crippen LogP contribution is 2.33. The zero-order chi connectivity index (χ0) is 23.3. The average Bonchev–Trinajstić information content (AvgIpc) is 2.75. The molecule has 0 radical (unpaired) electrons. The lowest BCUT2D eigenvalue weighted by molar-refractivity contribution is -0.112. The lowest BCUT2D eigenvalue weighted by Crippen LogP contribution is -2.13. The predicted octanol–water partition coefficient (Wildman–Crippen LogP) is 8.14. The molecule has 3 aromatic rings. The van der Waals surface area contributed by atoms with E-state index in [0.717, 1.165) is 9.13 Å². The number of carbonyl (C=O) groups excluding carboxylic acids is 1. The molecule has 1 amide bonds. The first-order chi connectivity index (χ1) is 15.3. The van der Waals surface area contributed by atoms with Gasteiger partial charge in [0.2, 0.25) is 0 Å². The number of benzene rings is 3. The first-order valence-corrected chi connectivity index (χ1v) is 12.0. The number of nitrogens with zero attached hydrogens (tertiary/aromatic N) is 1. The van der Waals surface area contributed by atoms with Gasteiger partial charge in [-0.15, -0.1) is 0 Å². The van der Waals surface area contributed by atoms with E-state index >= 15 is 0 Å². The molecule has 0 unspecified atom stereocenters. The van der Waals surface area contributed by atoms with Gasteiger partial charge in [0.15, 0.2) is 0 Å².